The van der Waals surface area contributed by atoms with E-state index in [1.165, 1.54) is 0 Å². The van der Waals surface area contributed by atoms with E-state index in [0.29, 0.717) is 24.5 Å². The van der Waals surface area contributed by atoms with E-state index in [1.54, 1.807) is 24.3 Å². The molecule has 0 bridgehead atoms. The Morgan fingerprint density at radius 1 is 1.09 bits per heavy atom. The van der Waals surface area contributed by atoms with Crippen LogP contribution in [-0.2, 0) is 13.2 Å². The van der Waals surface area contributed by atoms with Crippen molar-refractivity contribution >= 4 is 11.7 Å². The van der Waals surface area contributed by atoms with Crippen LogP contribution in [0.25, 0.3) is 0 Å². The van der Waals surface area contributed by atoms with Crippen LogP contribution in [0.4, 0.5) is 5.82 Å². The topological polar surface area (TPSA) is 83.7 Å². The van der Waals surface area contributed by atoms with Crippen LogP contribution in [0.1, 0.15) is 32.9 Å². The molecule has 3 aromatic rings. The molecule has 1 aliphatic heterocycles. The third-order valence-corrected chi connectivity index (χ3v) is 5.77. The number of nitrogens with one attached hydrogen (secondary N) is 1. The maximum Gasteiger partial charge on any atom is 0.251 e. The first-order valence-electron chi connectivity index (χ1n) is 10.8. The van der Waals surface area contributed by atoms with Gasteiger partial charge in [0.25, 0.3) is 5.91 Å². The summed E-state index contributed by atoms with van der Waals surface area (Å²) < 4.78 is 10.9. The smallest absolute Gasteiger partial charge is 0.251 e. The van der Waals surface area contributed by atoms with Crippen LogP contribution >= 0.6 is 0 Å². The standard InChI is InChI=1S/C24H29N5O3/c1-17-22(18(2)32-27-17)16-31-21-7-5-20(6-8-21)24(30)26-15-19-4-9-23(25-14-19)29-12-10-28(3)11-13-29/h4-9,14H,10-13,15-16H2,1-3H3,(H,26,30). The molecular formula is C24H29N5O3. The number of nitrogens with zero attached hydrogens (tertiary/aromatic N) is 4. The Morgan fingerprint density at radius 2 is 1.84 bits per heavy atom. The first kappa shape index (κ1) is 21.8. The largest absolute Gasteiger partial charge is 0.489 e. The van der Waals surface area contributed by atoms with Crippen molar-refractivity contribution in [1.82, 2.24) is 20.4 Å². The fourth-order valence-electron chi connectivity index (χ4n) is 3.59. The van der Waals surface area contributed by atoms with Crippen molar-refractivity contribution in [2.24, 2.45) is 0 Å². The highest BCUT2D eigenvalue weighted by molar-refractivity contribution is 5.94. The number of carbonyl (C=O) groups excluding carboxylic acids is 1. The second-order valence-electron chi connectivity index (χ2n) is 8.11. The Morgan fingerprint density at radius 3 is 2.47 bits per heavy atom. The van der Waals surface area contributed by atoms with E-state index < -0.39 is 0 Å². The number of benzene rings is 1. The summed E-state index contributed by atoms with van der Waals surface area (Å²) in [7, 11) is 2.14. The molecule has 32 heavy (non-hydrogen) atoms. The molecule has 168 valence electrons. The number of piperazine rings is 1. The molecule has 8 heteroatoms. The van der Waals surface area contributed by atoms with Crippen molar-refractivity contribution < 1.29 is 14.1 Å². The number of rotatable bonds is 7. The van der Waals surface area contributed by atoms with E-state index in [2.05, 4.69) is 32.3 Å². The molecule has 1 N–H and O–H groups in total. The number of amides is 1. The summed E-state index contributed by atoms with van der Waals surface area (Å²) in [6, 6.07) is 11.1. The Hall–Kier alpha value is -3.39. The number of ether oxygens (including phenoxy) is 1. The number of aromatic nitrogens is 2. The molecule has 8 nitrogen and oxygen atoms in total. The lowest BCUT2D eigenvalue weighted by molar-refractivity contribution is 0.0951. The highest BCUT2D eigenvalue weighted by Crippen LogP contribution is 2.18. The second-order valence-corrected chi connectivity index (χ2v) is 8.11. The summed E-state index contributed by atoms with van der Waals surface area (Å²) in [5.41, 5.74) is 3.32. The summed E-state index contributed by atoms with van der Waals surface area (Å²) in [4.78, 5) is 21.7. The van der Waals surface area contributed by atoms with Gasteiger partial charge in [-0.1, -0.05) is 11.2 Å². The number of hydrogen-bond donors (Lipinski definition) is 1. The quantitative estimate of drug-likeness (QED) is 0.611. The predicted octanol–water partition coefficient (Wildman–Crippen LogP) is 2.95. The van der Waals surface area contributed by atoms with Crippen LogP contribution in [0.3, 0.4) is 0 Å². The van der Waals surface area contributed by atoms with E-state index in [0.717, 1.165) is 54.6 Å². The number of likely N-dealkylation sites (N-methyl/N-ethyl adjacent to an activating group) is 1. The molecule has 3 heterocycles. The molecule has 0 spiro atoms. The second kappa shape index (κ2) is 9.82. The van der Waals surface area contributed by atoms with Crippen molar-refractivity contribution in [1.29, 1.82) is 0 Å². The third kappa shape index (κ3) is 5.26. The van der Waals surface area contributed by atoms with Crippen molar-refractivity contribution in [2.45, 2.75) is 27.0 Å². The molecule has 0 aliphatic carbocycles. The first-order valence-corrected chi connectivity index (χ1v) is 10.8. The molecule has 2 aromatic heterocycles. The Bertz CT molecular complexity index is 1020. The Balaban J connectivity index is 1.26. The zero-order valence-electron chi connectivity index (χ0n) is 18.8. The van der Waals surface area contributed by atoms with E-state index >= 15 is 0 Å². The molecule has 1 saturated heterocycles. The van der Waals surface area contributed by atoms with Crippen molar-refractivity contribution in [3.05, 3.63) is 70.7 Å². The van der Waals surface area contributed by atoms with Crippen LogP contribution in [0, 0.1) is 13.8 Å². The SMILES string of the molecule is Cc1noc(C)c1COc1ccc(C(=O)NCc2ccc(N3CCN(C)CC3)nc2)cc1. The molecule has 1 fully saturated rings. The molecule has 1 aliphatic rings. The molecule has 0 unspecified atom stereocenters. The minimum Gasteiger partial charge on any atom is -0.489 e. The van der Waals surface area contributed by atoms with Gasteiger partial charge in [-0.2, -0.15) is 0 Å². The molecule has 1 amide bonds. The van der Waals surface area contributed by atoms with E-state index in [1.807, 2.05) is 32.2 Å². The van der Waals surface area contributed by atoms with Gasteiger partial charge in [-0.25, -0.2) is 4.98 Å². The molecule has 0 atom stereocenters. The van der Waals surface area contributed by atoms with Crippen LogP contribution < -0.4 is 15.0 Å². The van der Waals surface area contributed by atoms with Crippen molar-refractivity contribution in [2.75, 3.05) is 38.1 Å². The minimum absolute atomic E-state index is 0.134. The summed E-state index contributed by atoms with van der Waals surface area (Å²) in [6.07, 6.45) is 1.83. The highest BCUT2D eigenvalue weighted by atomic mass is 16.5. The number of anilines is 1. The normalized spacial score (nSPS) is 14.4. The van der Waals surface area contributed by atoms with Gasteiger partial charge in [0, 0.05) is 44.5 Å². The average Bonchev–Trinajstić information content (AvgIpc) is 3.14. The van der Waals surface area contributed by atoms with E-state index in [4.69, 9.17) is 9.26 Å². The molecule has 0 radical (unpaired) electrons. The summed E-state index contributed by atoms with van der Waals surface area (Å²) >= 11 is 0. The van der Waals surface area contributed by atoms with Gasteiger partial charge < -0.3 is 24.4 Å². The number of hydrogen-bond acceptors (Lipinski definition) is 7. The van der Waals surface area contributed by atoms with Gasteiger partial charge in [0.15, 0.2) is 0 Å². The maximum atomic E-state index is 12.5. The fraction of sp³-hybridized carbons (Fsp3) is 0.375. The van der Waals surface area contributed by atoms with Gasteiger partial charge in [-0.15, -0.1) is 0 Å². The highest BCUT2D eigenvalue weighted by Gasteiger charge is 2.15. The summed E-state index contributed by atoms with van der Waals surface area (Å²) in [6.45, 7) is 8.61. The Labute approximate surface area is 188 Å². The van der Waals surface area contributed by atoms with Crippen molar-refractivity contribution in [3.63, 3.8) is 0 Å². The molecular weight excluding hydrogens is 406 g/mol. The van der Waals surface area contributed by atoms with E-state index in [-0.39, 0.29) is 5.91 Å². The van der Waals surface area contributed by atoms with Crippen LogP contribution in [0.15, 0.2) is 47.1 Å². The number of pyridine rings is 1. The zero-order valence-corrected chi connectivity index (χ0v) is 18.8. The van der Waals surface area contributed by atoms with Gasteiger partial charge in [0.05, 0.1) is 11.3 Å². The van der Waals surface area contributed by atoms with Gasteiger partial charge in [0.2, 0.25) is 0 Å². The van der Waals surface area contributed by atoms with Crippen LogP contribution in [0.2, 0.25) is 0 Å². The average molecular weight is 436 g/mol. The fourth-order valence-corrected chi connectivity index (χ4v) is 3.59. The Kier molecular flexibility index (Phi) is 6.70. The third-order valence-electron chi connectivity index (χ3n) is 5.77. The van der Waals surface area contributed by atoms with Gasteiger partial charge in [0.1, 0.15) is 23.9 Å². The van der Waals surface area contributed by atoms with Gasteiger partial charge in [-0.3, -0.25) is 4.79 Å². The number of aryl methyl sites for hydroxylation is 2. The van der Waals surface area contributed by atoms with Crippen LogP contribution in [0.5, 0.6) is 5.75 Å². The van der Waals surface area contributed by atoms with Crippen LogP contribution in [-0.4, -0.2) is 54.2 Å². The molecule has 0 saturated carbocycles. The van der Waals surface area contributed by atoms with E-state index in [9.17, 15) is 4.79 Å². The van der Waals surface area contributed by atoms with Gasteiger partial charge >= 0.3 is 0 Å². The summed E-state index contributed by atoms with van der Waals surface area (Å²) in [5, 5.41) is 6.87. The van der Waals surface area contributed by atoms with Gasteiger partial charge in [-0.05, 0) is 56.8 Å². The molecule has 1 aromatic carbocycles. The maximum absolute atomic E-state index is 12.5. The predicted molar refractivity (Wildman–Crippen MR) is 122 cm³/mol. The van der Waals surface area contributed by atoms with Crippen molar-refractivity contribution in [3.8, 4) is 5.75 Å². The lowest BCUT2D eigenvalue weighted by Crippen LogP contribution is -2.44. The lowest BCUT2D eigenvalue weighted by Gasteiger charge is -2.33. The minimum atomic E-state index is -0.134. The zero-order chi connectivity index (χ0) is 22.5. The summed E-state index contributed by atoms with van der Waals surface area (Å²) in [5.74, 6) is 2.29. The number of carbonyl (C=O) groups is 1. The first-order chi connectivity index (χ1) is 15.5. The monoisotopic (exact) mass is 435 g/mol. The lowest BCUT2D eigenvalue weighted by atomic mass is 10.2. The molecule has 4 rings (SSSR count).